The molecule has 0 bridgehead atoms. The minimum atomic E-state index is -0.927. The van der Waals surface area contributed by atoms with Crippen LogP contribution in [-0.4, -0.2) is 69.8 Å². The summed E-state index contributed by atoms with van der Waals surface area (Å²) in [5.74, 6) is 1.74. The van der Waals surface area contributed by atoms with E-state index < -0.39 is 6.09 Å². The predicted molar refractivity (Wildman–Crippen MR) is 124 cm³/mol. The van der Waals surface area contributed by atoms with Crippen molar-refractivity contribution in [3.8, 4) is 22.8 Å². The standard InChI is InChI=1S/C24H27N5O5/c1-33-16-4-5-19(34-12-14-2-3-14)17(10-16)20-22-21(27-13-26-20)18(11-25-22)23(30)28-15-6-8-29(9-7-15)24(31)32/h4-5,10-11,13-15,25H,2-3,6-9,12H2,1H3,(H,28,30)(H,31,32). The van der Waals surface area contributed by atoms with Crippen LogP contribution in [0.1, 0.15) is 36.0 Å². The van der Waals surface area contributed by atoms with E-state index in [1.807, 2.05) is 18.2 Å². The zero-order valence-corrected chi connectivity index (χ0v) is 18.9. The number of ether oxygens (including phenoxy) is 2. The normalized spacial score (nSPS) is 16.4. The molecule has 0 atom stereocenters. The van der Waals surface area contributed by atoms with Gasteiger partial charge in [0.1, 0.15) is 29.0 Å². The average molecular weight is 466 g/mol. The molecule has 34 heavy (non-hydrogen) atoms. The first-order chi connectivity index (χ1) is 16.5. The Bertz CT molecular complexity index is 1210. The van der Waals surface area contributed by atoms with Crippen LogP contribution in [0.15, 0.2) is 30.7 Å². The van der Waals surface area contributed by atoms with Crippen molar-refractivity contribution < 1.29 is 24.2 Å². The number of piperidine rings is 1. The fraction of sp³-hybridized carbons (Fsp3) is 0.417. The number of rotatable bonds is 7. The molecule has 3 aromatic rings. The van der Waals surface area contributed by atoms with Crippen LogP contribution in [0.25, 0.3) is 22.3 Å². The van der Waals surface area contributed by atoms with Gasteiger partial charge in [0.05, 0.1) is 24.8 Å². The van der Waals surface area contributed by atoms with Crippen LogP contribution in [0, 0.1) is 5.92 Å². The molecule has 2 fully saturated rings. The number of aromatic nitrogens is 3. The highest BCUT2D eigenvalue weighted by Crippen LogP contribution is 2.37. The molecule has 3 heterocycles. The van der Waals surface area contributed by atoms with E-state index in [1.165, 1.54) is 24.1 Å². The number of nitrogens with one attached hydrogen (secondary N) is 2. The van der Waals surface area contributed by atoms with E-state index in [4.69, 9.17) is 14.6 Å². The predicted octanol–water partition coefficient (Wildman–Crippen LogP) is 3.29. The number of likely N-dealkylation sites (tertiary alicyclic amines) is 1. The summed E-state index contributed by atoms with van der Waals surface area (Å²) in [5.41, 5.74) is 2.97. The van der Waals surface area contributed by atoms with Crippen molar-refractivity contribution in [2.45, 2.75) is 31.7 Å². The average Bonchev–Trinajstić information content (AvgIpc) is 3.58. The molecule has 0 radical (unpaired) electrons. The number of hydrogen-bond donors (Lipinski definition) is 3. The van der Waals surface area contributed by atoms with Crippen molar-refractivity contribution in [3.05, 3.63) is 36.3 Å². The number of carbonyl (C=O) groups excluding carboxylic acids is 1. The van der Waals surface area contributed by atoms with Gasteiger partial charge in [-0.2, -0.15) is 0 Å². The third-order valence-electron chi connectivity index (χ3n) is 6.42. The van der Waals surface area contributed by atoms with Gasteiger partial charge in [0.2, 0.25) is 0 Å². The molecule has 0 spiro atoms. The van der Waals surface area contributed by atoms with Gasteiger partial charge >= 0.3 is 6.09 Å². The van der Waals surface area contributed by atoms with Gasteiger partial charge in [0.25, 0.3) is 5.91 Å². The van der Waals surface area contributed by atoms with Crippen molar-refractivity contribution >= 4 is 23.0 Å². The van der Waals surface area contributed by atoms with Crippen LogP contribution in [0.2, 0.25) is 0 Å². The zero-order valence-electron chi connectivity index (χ0n) is 18.9. The molecule has 10 heteroatoms. The highest BCUT2D eigenvalue weighted by molar-refractivity contribution is 6.08. The Labute approximate surface area is 196 Å². The quantitative estimate of drug-likeness (QED) is 0.488. The molecule has 1 aliphatic heterocycles. The molecule has 178 valence electrons. The molecule has 2 aliphatic rings. The van der Waals surface area contributed by atoms with Gasteiger partial charge in [-0.15, -0.1) is 0 Å². The summed E-state index contributed by atoms with van der Waals surface area (Å²) in [5, 5.41) is 12.1. The molecule has 1 aromatic carbocycles. The summed E-state index contributed by atoms with van der Waals surface area (Å²) in [6.07, 6.45) is 5.68. The molecular formula is C24H27N5O5. The van der Waals surface area contributed by atoms with Gasteiger partial charge in [-0.05, 0) is 49.8 Å². The second kappa shape index (κ2) is 9.20. The number of amides is 2. The molecule has 1 saturated carbocycles. The van der Waals surface area contributed by atoms with Gasteiger partial charge in [-0.1, -0.05) is 0 Å². The molecular weight excluding hydrogens is 438 g/mol. The number of carboxylic acid groups (broad SMARTS) is 1. The first kappa shape index (κ1) is 22.0. The lowest BCUT2D eigenvalue weighted by Gasteiger charge is -2.30. The number of aromatic amines is 1. The Hall–Kier alpha value is -3.82. The van der Waals surface area contributed by atoms with Crippen LogP contribution >= 0.6 is 0 Å². The van der Waals surface area contributed by atoms with E-state index in [9.17, 15) is 9.59 Å². The third kappa shape index (κ3) is 4.48. The van der Waals surface area contributed by atoms with Crippen molar-refractivity contribution in [2.75, 3.05) is 26.8 Å². The molecule has 2 amide bonds. The highest BCUT2D eigenvalue weighted by atomic mass is 16.5. The summed E-state index contributed by atoms with van der Waals surface area (Å²) in [6, 6.07) is 5.52. The van der Waals surface area contributed by atoms with E-state index in [-0.39, 0.29) is 11.9 Å². The lowest BCUT2D eigenvalue weighted by molar-refractivity contribution is 0.0909. The number of benzene rings is 1. The van der Waals surface area contributed by atoms with E-state index in [0.29, 0.717) is 72.2 Å². The number of H-pyrrole nitrogens is 1. The highest BCUT2D eigenvalue weighted by Gasteiger charge is 2.26. The van der Waals surface area contributed by atoms with Crippen molar-refractivity contribution in [2.24, 2.45) is 5.92 Å². The SMILES string of the molecule is COc1ccc(OCC2CC2)c(-c2ncnc3c(C(=O)NC4CCN(C(=O)O)CC4)c[nH]c23)c1. The minimum absolute atomic E-state index is 0.0878. The van der Waals surface area contributed by atoms with E-state index >= 15 is 0 Å². The Balaban J connectivity index is 1.41. The van der Waals surface area contributed by atoms with E-state index in [0.717, 1.165) is 5.56 Å². The van der Waals surface area contributed by atoms with Gasteiger partial charge in [0, 0.05) is 30.9 Å². The van der Waals surface area contributed by atoms with Crippen molar-refractivity contribution in [1.29, 1.82) is 0 Å². The van der Waals surface area contributed by atoms with Crippen molar-refractivity contribution in [3.63, 3.8) is 0 Å². The Kier molecular flexibility index (Phi) is 5.95. The second-order valence-electron chi connectivity index (χ2n) is 8.78. The molecule has 0 unspecified atom stereocenters. The van der Waals surface area contributed by atoms with Crippen LogP contribution in [0.5, 0.6) is 11.5 Å². The number of nitrogens with zero attached hydrogens (tertiary/aromatic N) is 3. The van der Waals surface area contributed by atoms with Crippen LogP contribution in [0.4, 0.5) is 4.79 Å². The zero-order chi connectivity index (χ0) is 23.7. The van der Waals surface area contributed by atoms with Crippen LogP contribution in [-0.2, 0) is 0 Å². The molecule has 3 N–H and O–H groups in total. The lowest BCUT2D eigenvalue weighted by atomic mass is 10.0. The first-order valence-electron chi connectivity index (χ1n) is 11.5. The van der Waals surface area contributed by atoms with Gasteiger partial charge in [-0.3, -0.25) is 4.79 Å². The van der Waals surface area contributed by atoms with Crippen molar-refractivity contribution in [1.82, 2.24) is 25.2 Å². The number of carbonyl (C=O) groups is 2. The fourth-order valence-electron chi connectivity index (χ4n) is 4.23. The minimum Gasteiger partial charge on any atom is -0.497 e. The van der Waals surface area contributed by atoms with E-state index in [2.05, 4.69) is 20.3 Å². The van der Waals surface area contributed by atoms with Gasteiger partial charge < -0.3 is 29.8 Å². The van der Waals surface area contributed by atoms with Crippen LogP contribution < -0.4 is 14.8 Å². The summed E-state index contributed by atoms with van der Waals surface area (Å²) in [6.45, 7) is 1.46. The summed E-state index contributed by atoms with van der Waals surface area (Å²) >= 11 is 0. The van der Waals surface area contributed by atoms with Gasteiger partial charge in [0.15, 0.2) is 0 Å². The largest absolute Gasteiger partial charge is 0.497 e. The van der Waals surface area contributed by atoms with E-state index in [1.54, 1.807) is 13.3 Å². The number of fused-ring (bicyclic) bond motifs is 1. The summed E-state index contributed by atoms with van der Waals surface area (Å²) < 4.78 is 11.5. The second-order valence-corrected chi connectivity index (χ2v) is 8.78. The maximum absolute atomic E-state index is 13.0. The third-order valence-corrected chi connectivity index (χ3v) is 6.42. The monoisotopic (exact) mass is 465 g/mol. The maximum atomic E-state index is 13.0. The smallest absolute Gasteiger partial charge is 0.407 e. The van der Waals surface area contributed by atoms with Crippen LogP contribution in [0.3, 0.4) is 0 Å². The first-order valence-corrected chi connectivity index (χ1v) is 11.5. The molecule has 5 rings (SSSR count). The Morgan fingerprint density at radius 1 is 1.21 bits per heavy atom. The summed E-state index contributed by atoms with van der Waals surface area (Å²) in [7, 11) is 1.61. The molecule has 1 aliphatic carbocycles. The Morgan fingerprint density at radius 2 is 2.00 bits per heavy atom. The molecule has 2 aromatic heterocycles. The summed E-state index contributed by atoms with van der Waals surface area (Å²) in [4.78, 5) is 37.6. The Morgan fingerprint density at radius 3 is 2.71 bits per heavy atom. The van der Waals surface area contributed by atoms with Gasteiger partial charge in [-0.25, -0.2) is 14.8 Å². The number of hydrogen-bond acceptors (Lipinski definition) is 6. The molecule has 10 nitrogen and oxygen atoms in total. The fourth-order valence-corrected chi connectivity index (χ4v) is 4.23. The topological polar surface area (TPSA) is 130 Å². The lowest BCUT2D eigenvalue weighted by Crippen LogP contribution is -2.46. The number of methoxy groups -OCH3 is 1. The molecule has 1 saturated heterocycles. The maximum Gasteiger partial charge on any atom is 0.407 e.